The molecule has 0 fully saturated rings. The monoisotopic (exact) mass is 381 g/mol. The largest absolute Gasteiger partial charge is 0.478 e. The van der Waals surface area contributed by atoms with Gasteiger partial charge in [-0.1, -0.05) is 68.8 Å². The summed E-state index contributed by atoms with van der Waals surface area (Å²) in [5, 5.41) is 13.8. The number of rotatable bonds is 2. The first-order valence-electron chi connectivity index (χ1n) is 9.36. The van der Waals surface area contributed by atoms with Crippen molar-refractivity contribution in [3.8, 4) is 0 Å². The van der Waals surface area contributed by atoms with Crippen LogP contribution in [0, 0.1) is 5.92 Å². The molecule has 0 spiro atoms. The molecule has 4 rings (SSSR count). The Hall–Kier alpha value is -2.26. The Bertz CT molecular complexity index is 925. The maximum absolute atomic E-state index is 11.8. The molecule has 2 aromatic rings. The maximum Gasteiger partial charge on any atom is 0.336 e. The third kappa shape index (κ3) is 3.04. The number of allylic oxidation sites excluding steroid dienone is 2. The summed E-state index contributed by atoms with van der Waals surface area (Å²) in [5.41, 5.74) is 4.54. The van der Waals surface area contributed by atoms with Gasteiger partial charge in [0.15, 0.2) is 0 Å². The molecule has 1 aliphatic heterocycles. The van der Waals surface area contributed by atoms with Crippen LogP contribution in [0.1, 0.15) is 66.2 Å². The van der Waals surface area contributed by atoms with Crippen molar-refractivity contribution in [1.82, 2.24) is 0 Å². The van der Waals surface area contributed by atoms with Crippen LogP contribution in [0.15, 0.2) is 48.6 Å². The van der Waals surface area contributed by atoms with Crippen LogP contribution < -0.4 is 5.32 Å². The van der Waals surface area contributed by atoms with Gasteiger partial charge in [-0.3, -0.25) is 0 Å². The SMILES string of the molecule is CC(C)(C)c1ccc([C@@H]2Nc3c(Cl)ccc(C(=O)O)c3[C@H]3C=CC[C@@H]32)cc1. The van der Waals surface area contributed by atoms with Gasteiger partial charge in [-0.25, -0.2) is 4.79 Å². The van der Waals surface area contributed by atoms with Crippen LogP contribution in [0.2, 0.25) is 5.02 Å². The van der Waals surface area contributed by atoms with Gasteiger partial charge in [-0.2, -0.15) is 0 Å². The average Bonchev–Trinajstić information content (AvgIpc) is 3.10. The fourth-order valence-electron chi connectivity index (χ4n) is 4.38. The number of hydrogen-bond donors (Lipinski definition) is 2. The van der Waals surface area contributed by atoms with E-state index in [0.717, 1.165) is 17.7 Å². The van der Waals surface area contributed by atoms with Gasteiger partial charge in [0.25, 0.3) is 0 Å². The van der Waals surface area contributed by atoms with Crippen molar-refractivity contribution >= 4 is 23.3 Å². The molecule has 0 aromatic heterocycles. The van der Waals surface area contributed by atoms with Crippen molar-refractivity contribution in [3.05, 3.63) is 75.8 Å². The average molecular weight is 382 g/mol. The first-order valence-corrected chi connectivity index (χ1v) is 9.74. The first kappa shape index (κ1) is 18.1. The van der Waals surface area contributed by atoms with Crippen LogP contribution in [0.25, 0.3) is 0 Å². The summed E-state index contributed by atoms with van der Waals surface area (Å²) in [4.78, 5) is 11.8. The molecule has 3 atom stereocenters. The highest BCUT2D eigenvalue weighted by atomic mass is 35.5. The number of fused-ring (bicyclic) bond motifs is 3. The van der Waals surface area contributed by atoms with Gasteiger partial charge in [0.2, 0.25) is 0 Å². The van der Waals surface area contributed by atoms with Crippen molar-refractivity contribution < 1.29 is 9.90 Å². The molecule has 2 aromatic carbocycles. The maximum atomic E-state index is 11.8. The third-order valence-electron chi connectivity index (χ3n) is 5.84. The molecule has 2 N–H and O–H groups in total. The lowest BCUT2D eigenvalue weighted by Gasteiger charge is -2.38. The number of halogens is 1. The van der Waals surface area contributed by atoms with E-state index in [4.69, 9.17) is 11.6 Å². The van der Waals surface area contributed by atoms with Gasteiger partial charge < -0.3 is 10.4 Å². The van der Waals surface area contributed by atoms with E-state index in [-0.39, 0.29) is 23.3 Å². The quantitative estimate of drug-likeness (QED) is 0.612. The Balaban J connectivity index is 1.79. The zero-order valence-electron chi connectivity index (χ0n) is 15.8. The van der Waals surface area contributed by atoms with Gasteiger partial charge in [-0.05, 0) is 46.6 Å². The zero-order chi connectivity index (χ0) is 19.3. The smallest absolute Gasteiger partial charge is 0.336 e. The van der Waals surface area contributed by atoms with Gasteiger partial charge in [-0.15, -0.1) is 0 Å². The van der Waals surface area contributed by atoms with E-state index in [2.05, 4.69) is 62.5 Å². The predicted molar refractivity (Wildman–Crippen MR) is 110 cm³/mol. The minimum absolute atomic E-state index is 0.0679. The van der Waals surface area contributed by atoms with E-state index in [1.54, 1.807) is 12.1 Å². The lowest BCUT2D eigenvalue weighted by atomic mass is 9.75. The highest BCUT2D eigenvalue weighted by molar-refractivity contribution is 6.33. The Kier molecular flexibility index (Phi) is 4.31. The molecule has 1 aliphatic carbocycles. The summed E-state index contributed by atoms with van der Waals surface area (Å²) in [5.74, 6) is -0.551. The van der Waals surface area contributed by atoms with Crippen LogP contribution in [-0.2, 0) is 5.41 Å². The number of benzene rings is 2. The normalized spacial score (nSPS) is 23.5. The van der Waals surface area contributed by atoms with E-state index >= 15 is 0 Å². The molecule has 27 heavy (non-hydrogen) atoms. The predicted octanol–water partition coefficient (Wildman–Crippen LogP) is 6.16. The van der Waals surface area contributed by atoms with Gasteiger partial charge in [0.1, 0.15) is 0 Å². The molecule has 2 aliphatic rings. The Labute approximate surface area is 165 Å². The van der Waals surface area contributed by atoms with E-state index < -0.39 is 5.97 Å². The summed E-state index contributed by atoms with van der Waals surface area (Å²) in [7, 11) is 0. The van der Waals surface area contributed by atoms with Crippen molar-refractivity contribution in [3.63, 3.8) is 0 Å². The van der Waals surface area contributed by atoms with E-state index in [1.807, 2.05) is 0 Å². The van der Waals surface area contributed by atoms with Crippen LogP contribution >= 0.6 is 11.6 Å². The van der Waals surface area contributed by atoms with E-state index in [1.165, 1.54) is 11.1 Å². The lowest BCUT2D eigenvalue weighted by molar-refractivity contribution is 0.0695. The third-order valence-corrected chi connectivity index (χ3v) is 6.15. The summed E-state index contributed by atoms with van der Waals surface area (Å²) in [6.07, 6.45) is 5.23. The molecule has 0 radical (unpaired) electrons. The van der Waals surface area contributed by atoms with Crippen LogP contribution in [-0.4, -0.2) is 11.1 Å². The first-order chi connectivity index (χ1) is 12.8. The highest BCUT2D eigenvalue weighted by Crippen LogP contribution is 2.52. The molecule has 0 amide bonds. The highest BCUT2D eigenvalue weighted by Gasteiger charge is 2.40. The van der Waals surface area contributed by atoms with Crippen molar-refractivity contribution in [1.29, 1.82) is 0 Å². The number of carboxylic acid groups (broad SMARTS) is 1. The number of aromatic carboxylic acids is 1. The Morgan fingerprint density at radius 2 is 1.85 bits per heavy atom. The number of carbonyl (C=O) groups is 1. The van der Waals surface area contributed by atoms with Crippen molar-refractivity contribution in [2.24, 2.45) is 5.92 Å². The number of anilines is 1. The van der Waals surface area contributed by atoms with Crippen LogP contribution in [0.3, 0.4) is 0 Å². The molecule has 140 valence electrons. The van der Waals surface area contributed by atoms with E-state index in [0.29, 0.717) is 10.6 Å². The molecule has 0 saturated heterocycles. The van der Waals surface area contributed by atoms with Gasteiger partial charge >= 0.3 is 5.97 Å². The topological polar surface area (TPSA) is 49.3 Å². The second-order valence-corrected chi connectivity index (χ2v) is 8.94. The van der Waals surface area contributed by atoms with Crippen LogP contribution in [0.4, 0.5) is 5.69 Å². The standard InChI is InChI=1S/C23H24ClNO2/c1-23(2,3)14-9-7-13(8-10-14)20-16-6-4-5-15(16)19-17(22(26)27)11-12-18(24)21(19)25-20/h4-5,7-12,15-16,20,25H,6H2,1-3H3,(H,26,27)/t15-,16-,20-/m0/s1. The molecule has 4 heteroatoms. The molecule has 0 unspecified atom stereocenters. The van der Waals surface area contributed by atoms with Gasteiger partial charge in [0, 0.05) is 5.92 Å². The molecular formula is C23H24ClNO2. The minimum atomic E-state index is -0.906. The molecule has 0 bridgehead atoms. The summed E-state index contributed by atoms with van der Waals surface area (Å²) >= 11 is 6.47. The second-order valence-electron chi connectivity index (χ2n) is 8.54. The molecular weight excluding hydrogens is 358 g/mol. The summed E-state index contributed by atoms with van der Waals surface area (Å²) < 4.78 is 0. The molecule has 1 heterocycles. The Morgan fingerprint density at radius 3 is 2.48 bits per heavy atom. The fraction of sp³-hybridized carbons (Fsp3) is 0.348. The van der Waals surface area contributed by atoms with Crippen molar-refractivity contribution in [2.45, 2.75) is 44.6 Å². The number of hydrogen-bond acceptors (Lipinski definition) is 2. The molecule has 0 saturated carbocycles. The van der Waals surface area contributed by atoms with Crippen LogP contribution in [0.5, 0.6) is 0 Å². The zero-order valence-corrected chi connectivity index (χ0v) is 16.5. The van der Waals surface area contributed by atoms with Crippen molar-refractivity contribution in [2.75, 3.05) is 5.32 Å². The number of nitrogens with one attached hydrogen (secondary N) is 1. The molecule has 3 nitrogen and oxygen atoms in total. The minimum Gasteiger partial charge on any atom is -0.478 e. The lowest BCUT2D eigenvalue weighted by Crippen LogP contribution is -2.30. The van der Waals surface area contributed by atoms with Gasteiger partial charge in [0.05, 0.1) is 22.3 Å². The second kappa shape index (κ2) is 6.42. The summed E-state index contributed by atoms with van der Waals surface area (Å²) in [6, 6.07) is 12.2. The summed E-state index contributed by atoms with van der Waals surface area (Å²) in [6.45, 7) is 6.63. The Morgan fingerprint density at radius 1 is 1.15 bits per heavy atom. The van der Waals surface area contributed by atoms with E-state index in [9.17, 15) is 9.90 Å². The fourth-order valence-corrected chi connectivity index (χ4v) is 4.60. The number of carboxylic acids is 1.